The largest absolute Gasteiger partial charge is 0.489 e. The Morgan fingerprint density at radius 1 is 0.839 bits per heavy atom. The van der Waals surface area contributed by atoms with E-state index in [0.29, 0.717) is 25.0 Å². The maximum Gasteiger partial charge on any atom is 0.161 e. The summed E-state index contributed by atoms with van der Waals surface area (Å²) in [5.74, 6) is 2.63. The minimum atomic E-state index is 0. The summed E-state index contributed by atoms with van der Waals surface area (Å²) >= 11 is 0. The Bertz CT molecular complexity index is 930. The van der Waals surface area contributed by atoms with E-state index in [0.717, 1.165) is 46.7 Å². The van der Waals surface area contributed by atoms with E-state index in [9.17, 15) is 0 Å². The molecule has 2 aromatic carbocycles. The third-order valence-corrected chi connectivity index (χ3v) is 5.46. The van der Waals surface area contributed by atoms with Gasteiger partial charge in [0.2, 0.25) is 0 Å². The quantitative estimate of drug-likeness (QED) is 0.218. The number of ether oxygens (including phenoxy) is 2. The fourth-order valence-corrected chi connectivity index (χ4v) is 2.94. The summed E-state index contributed by atoms with van der Waals surface area (Å²) < 4.78 is 12.3. The minimum absolute atomic E-state index is 0. The first kappa shape index (κ1) is 25.1. The first-order valence-corrected chi connectivity index (χ1v) is 10.9. The Kier molecular flexibility index (Phi) is 10.2. The van der Waals surface area contributed by atoms with Gasteiger partial charge in [0, 0.05) is 25.7 Å². The van der Waals surface area contributed by atoms with Gasteiger partial charge in [0.1, 0.15) is 0 Å². The van der Waals surface area contributed by atoms with E-state index >= 15 is 0 Å². The van der Waals surface area contributed by atoms with Gasteiger partial charge in [0.15, 0.2) is 11.5 Å². The van der Waals surface area contributed by atoms with Gasteiger partial charge in [-0.3, -0.25) is 0 Å². The molecule has 1 radical (unpaired) electrons. The average Bonchev–Trinajstić information content (AvgIpc) is 2.81. The van der Waals surface area contributed by atoms with Crippen LogP contribution in [0.3, 0.4) is 0 Å². The maximum absolute atomic E-state index is 6.19. The van der Waals surface area contributed by atoms with Crippen LogP contribution in [0.2, 0.25) is 0 Å². The van der Waals surface area contributed by atoms with E-state index in [1.165, 1.54) is 0 Å². The van der Waals surface area contributed by atoms with Crippen molar-refractivity contribution in [3.05, 3.63) is 66.9 Å². The van der Waals surface area contributed by atoms with Crippen LogP contribution in [-0.4, -0.2) is 18.2 Å². The number of hydrogen-bond donors (Lipinski definition) is 0. The Morgan fingerprint density at radius 2 is 1.52 bits per heavy atom. The maximum atomic E-state index is 6.19. The van der Waals surface area contributed by atoms with Gasteiger partial charge in [0.05, 0.1) is 13.2 Å². The first-order chi connectivity index (χ1) is 14.6. The molecule has 0 bridgehead atoms. The zero-order valence-corrected chi connectivity index (χ0v) is 20.5. The predicted molar refractivity (Wildman–Crippen MR) is 124 cm³/mol. The van der Waals surface area contributed by atoms with Gasteiger partial charge < -0.3 is 14.5 Å². The van der Waals surface area contributed by atoms with E-state index in [4.69, 9.17) is 9.47 Å². The van der Waals surface area contributed by atoms with E-state index in [-0.39, 0.29) is 19.5 Å². The molecule has 3 nitrogen and oxygen atoms in total. The molecule has 31 heavy (non-hydrogen) atoms. The van der Waals surface area contributed by atoms with Crippen molar-refractivity contribution in [1.82, 2.24) is 4.98 Å². The van der Waals surface area contributed by atoms with E-state index in [1.807, 2.05) is 30.3 Å². The number of hydrogen-bond acceptors (Lipinski definition) is 3. The van der Waals surface area contributed by atoms with Crippen LogP contribution in [-0.2, 0) is 19.5 Å². The van der Waals surface area contributed by atoms with Gasteiger partial charge in [-0.1, -0.05) is 58.7 Å². The molecule has 0 aliphatic heterocycles. The number of benzene rings is 2. The van der Waals surface area contributed by atoms with Gasteiger partial charge in [-0.15, -0.1) is 35.4 Å². The van der Waals surface area contributed by atoms with Crippen molar-refractivity contribution >= 4 is 0 Å². The molecule has 0 spiro atoms. The second-order valence-electron chi connectivity index (χ2n) is 8.02. The molecule has 3 aromatic rings. The number of rotatable bonds is 10. The molecule has 2 atom stereocenters. The monoisotopic (exact) mass is 505 g/mol. The normalized spacial score (nSPS) is 12.5. The molecule has 0 N–H and O–H groups in total. The minimum Gasteiger partial charge on any atom is -0.489 e. The van der Waals surface area contributed by atoms with Gasteiger partial charge in [0.25, 0.3) is 0 Å². The van der Waals surface area contributed by atoms with Crippen molar-refractivity contribution in [3.63, 3.8) is 0 Å². The van der Waals surface area contributed by atoms with Crippen LogP contribution in [0.5, 0.6) is 11.5 Å². The predicted octanol–water partition coefficient (Wildman–Crippen LogP) is 7.06. The Balaban J connectivity index is 0.00000341. The van der Waals surface area contributed by atoms with Crippen molar-refractivity contribution in [2.75, 3.05) is 13.2 Å². The molecule has 0 saturated carbocycles. The van der Waals surface area contributed by atoms with Crippen molar-refractivity contribution in [2.24, 2.45) is 11.8 Å². The zero-order valence-electron chi connectivity index (χ0n) is 18.9. The molecule has 0 aliphatic carbocycles. The van der Waals surface area contributed by atoms with E-state index in [1.54, 1.807) is 6.20 Å². The zero-order chi connectivity index (χ0) is 21.3. The standard InChI is InChI=1S/C27H32NO2.Rh/c1-5-20(3)18-29-26-14-13-23(17-27(26)30-19-21(4)6-2)22-10-9-11-24(16-22)25-12-7-8-15-28-25;/h7-10,12-17,20-21H,5-6,18-19H2,1-4H3;/q-1;. The van der Waals surface area contributed by atoms with Gasteiger partial charge >= 0.3 is 0 Å². The van der Waals surface area contributed by atoms with E-state index in [2.05, 4.69) is 63.0 Å². The van der Waals surface area contributed by atoms with Crippen molar-refractivity contribution in [3.8, 4) is 33.9 Å². The van der Waals surface area contributed by atoms with Crippen LogP contribution < -0.4 is 9.47 Å². The summed E-state index contributed by atoms with van der Waals surface area (Å²) in [6.45, 7) is 10.2. The summed E-state index contributed by atoms with van der Waals surface area (Å²) in [5.41, 5.74) is 4.10. The number of aromatic nitrogens is 1. The Morgan fingerprint density at radius 3 is 2.16 bits per heavy atom. The molecular weight excluding hydrogens is 473 g/mol. The first-order valence-electron chi connectivity index (χ1n) is 10.9. The molecular formula is C27H32NO2Rh-. The summed E-state index contributed by atoms with van der Waals surface area (Å²) in [7, 11) is 0. The molecule has 0 aliphatic rings. The van der Waals surface area contributed by atoms with Gasteiger partial charge in [-0.25, -0.2) is 0 Å². The average molecular weight is 505 g/mol. The fraction of sp³-hybridized carbons (Fsp3) is 0.370. The van der Waals surface area contributed by atoms with Gasteiger partial charge in [-0.2, -0.15) is 0 Å². The summed E-state index contributed by atoms with van der Waals surface area (Å²) in [5, 5.41) is 0. The molecule has 2 unspecified atom stereocenters. The van der Waals surface area contributed by atoms with Crippen LogP contribution in [0.1, 0.15) is 40.5 Å². The number of pyridine rings is 1. The fourth-order valence-electron chi connectivity index (χ4n) is 2.94. The van der Waals surface area contributed by atoms with E-state index < -0.39 is 0 Å². The van der Waals surface area contributed by atoms with Crippen LogP contribution in [0.4, 0.5) is 0 Å². The van der Waals surface area contributed by atoms with Crippen LogP contribution >= 0.6 is 0 Å². The van der Waals surface area contributed by atoms with Crippen molar-refractivity contribution in [2.45, 2.75) is 40.5 Å². The SMILES string of the molecule is CCC(C)COc1ccc(-c2cc[c-]c(-c3ccccn3)c2)cc1OCC(C)CC.[Rh]. The molecule has 0 saturated heterocycles. The number of nitrogens with zero attached hydrogens (tertiary/aromatic N) is 1. The molecule has 0 amide bonds. The molecule has 3 rings (SSSR count). The van der Waals surface area contributed by atoms with Crippen molar-refractivity contribution in [1.29, 1.82) is 0 Å². The summed E-state index contributed by atoms with van der Waals surface area (Å²) in [6.07, 6.45) is 3.99. The van der Waals surface area contributed by atoms with Crippen LogP contribution in [0.25, 0.3) is 22.4 Å². The van der Waals surface area contributed by atoms with Crippen LogP contribution in [0, 0.1) is 17.9 Å². The molecule has 167 valence electrons. The third-order valence-electron chi connectivity index (χ3n) is 5.46. The van der Waals surface area contributed by atoms with Crippen molar-refractivity contribution < 1.29 is 29.0 Å². The summed E-state index contributed by atoms with van der Waals surface area (Å²) in [4.78, 5) is 4.45. The molecule has 4 heteroatoms. The second kappa shape index (κ2) is 12.6. The molecule has 0 fully saturated rings. The molecule has 1 heterocycles. The topological polar surface area (TPSA) is 31.4 Å². The molecule has 1 aromatic heterocycles. The third kappa shape index (κ3) is 7.18. The Labute approximate surface area is 200 Å². The van der Waals surface area contributed by atoms with Crippen LogP contribution in [0.15, 0.2) is 60.8 Å². The van der Waals surface area contributed by atoms with Gasteiger partial charge in [-0.05, 0) is 41.3 Å². The smallest absolute Gasteiger partial charge is 0.161 e. The Hall–Kier alpha value is -2.19. The second-order valence-corrected chi connectivity index (χ2v) is 8.02. The summed E-state index contributed by atoms with van der Waals surface area (Å²) in [6, 6.07) is 21.6.